The number of allylic oxidation sites excluding steroid dienone is 2. The maximum Gasteiger partial charge on any atom is 0.500 e. The van der Waals surface area contributed by atoms with Crippen LogP contribution in [0.3, 0.4) is 0 Å². The molecule has 31 heavy (non-hydrogen) atoms. The Bertz CT molecular complexity index is 556. The van der Waals surface area contributed by atoms with Crippen LogP contribution in [0.2, 0.25) is 6.04 Å². The van der Waals surface area contributed by atoms with E-state index in [9.17, 15) is 4.79 Å². The molecule has 1 saturated heterocycles. The van der Waals surface area contributed by atoms with E-state index in [0.29, 0.717) is 10.9 Å². The van der Waals surface area contributed by atoms with Crippen molar-refractivity contribution in [3.05, 3.63) is 24.6 Å². The largest absolute Gasteiger partial charge is 0.500 e. The zero-order valence-electron chi connectivity index (χ0n) is 20.0. The Morgan fingerprint density at radius 1 is 0.839 bits per heavy atom. The van der Waals surface area contributed by atoms with Crippen LogP contribution in [0.1, 0.15) is 83.5 Å². The smallest absolute Gasteiger partial charge is 0.412 e. The molecule has 0 bridgehead atoms. The zero-order chi connectivity index (χ0) is 22.4. The van der Waals surface area contributed by atoms with Crippen molar-refractivity contribution in [1.82, 2.24) is 0 Å². The average molecular weight is 455 g/mol. The van der Waals surface area contributed by atoms with Gasteiger partial charge in [-0.15, -0.1) is 0 Å². The van der Waals surface area contributed by atoms with Gasteiger partial charge < -0.3 is 18.0 Å². The summed E-state index contributed by atoms with van der Waals surface area (Å²) in [5.41, 5.74) is 0. The van der Waals surface area contributed by atoms with E-state index in [2.05, 4.69) is 24.6 Å². The monoisotopic (exact) mass is 454 g/mol. The Hall–Kier alpha value is -0.993. The molecule has 1 fully saturated rings. The quantitative estimate of drug-likeness (QED) is 0.138. The molecule has 2 rings (SSSR count). The van der Waals surface area contributed by atoms with Crippen molar-refractivity contribution in [2.45, 2.75) is 95.7 Å². The first-order valence-electron chi connectivity index (χ1n) is 12.2. The van der Waals surface area contributed by atoms with Crippen LogP contribution in [0.15, 0.2) is 24.6 Å². The van der Waals surface area contributed by atoms with Crippen molar-refractivity contribution in [1.29, 1.82) is 0 Å². The van der Waals surface area contributed by atoms with Crippen LogP contribution in [0.5, 0.6) is 0 Å². The van der Waals surface area contributed by atoms with E-state index in [4.69, 9.17) is 18.0 Å². The molecule has 2 aliphatic heterocycles. The van der Waals surface area contributed by atoms with Crippen LogP contribution in [-0.2, 0) is 22.8 Å². The van der Waals surface area contributed by atoms with E-state index in [1.807, 2.05) is 0 Å². The Morgan fingerprint density at radius 2 is 1.42 bits per heavy atom. The lowest BCUT2D eigenvalue weighted by Gasteiger charge is -2.34. The molecule has 0 aromatic rings. The fraction of sp³-hybridized carbons (Fsp3) is 0.792. The topological polar surface area (TPSA) is 54.0 Å². The highest BCUT2D eigenvalue weighted by Crippen LogP contribution is 2.30. The molecule has 0 aromatic heterocycles. The fourth-order valence-electron chi connectivity index (χ4n) is 4.67. The highest BCUT2D eigenvalue weighted by molar-refractivity contribution is 6.60. The number of rotatable bonds is 15. The standard InChI is InChI=1S/C24H44NO5Si/c1-27-31(28-2,29-3)22-16-9-7-5-4-6-8-12-18-24(26)30-23-17-11-10-13-19-25(23)20-14-15-21-25/h14-15,20-21,23H,4-13,16-19,22H2,1-3H3/q+1. The van der Waals surface area contributed by atoms with Gasteiger partial charge in [-0.05, 0) is 44.3 Å². The predicted molar refractivity (Wildman–Crippen MR) is 125 cm³/mol. The maximum atomic E-state index is 12.4. The maximum absolute atomic E-state index is 12.4. The highest BCUT2D eigenvalue weighted by atomic mass is 28.4. The van der Waals surface area contributed by atoms with Gasteiger partial charge in [0, 0.05) is 40.2 Å². The van der Waals surface area contributed by atoms with E-state index in [-0.39, 0.29) is 12.2 Å². The molecule has 0 amide bonds. The summed E-state index contributed by atoms with van der Waals surface area (Å²) in [5.74, 6) is -0.0276. The minimum absolute atomic E-state index is 0.0276. The molecule has 1 unspecified atom stereocenters. The van der Waals surface area contributed by atoms with Crippen LogP contribution in [0.4, 0.5) is 0 Å². The molecule has 2 aliphatic rings. The normalized spacial score (nSPS) is 20.3. The van der Waals surface area contributed by atoms with E-state index in [1.165, 1.54) is 44.9 Å². The molecule has 7 heteroatoms. The van der Waals surface area contributed by atoms with E-state index in [0.717, 1.165) is 44.7 Å². The zero-order valence-corrected chi connectivity index (χ0v) is 21.0. The molecule has 0 aromatic carbocycles. The summed E-state index contributed by atoms with van der Waals surface area (Å²) in [6.07, 6.45) is 22.7. The lowest BCUT2D eigenvalue weighted by atomic mass is 10.1. The molecule has 0 saturated carbocycles. The van der Waals surface area contributed by atoms with Crippen LogP contribution in [0.25, 0.3) is 0 Å². The number of esters is 1. The van der Waals surface area contributed by atoms with Gasteiger partial charge >= 0.3 is 14.8 Å². The van der Waals surface area contributed by atoms with Crippen molar-refractivity contribution >= 4 is 14.8 Å². The highest BCUT2D eigenvalue weighted by Gasteiger charge is 2.39. The second-order valence-electron chi connectivity index (χ2n) is 8.82. The van der Waals surface area contributed by atoms with Gasteiger partial charge in [0.05, 0.1) is 6.54 Å². The number of quaternary nitrogens is 1. The summed E-state index contributed by atoms with van der Waals surface area (Å²) in [6, 6.07) is 0.880. The van der Waals surface area contributed by atoms with Crippen molar-refractivity contribution in [2.75, 3.05) is 27.9 Å². The SMILES string of the molecule is CO[Si](CCCCCCCCCCC(=O)OC1CCCCC[N+]12C=CC=C2)(OC)OC. The van der Waals surface area contributed by atoms with Crippen molar-refractivity contribution in [2.24, 2.45) is 0 Å². The van der Waals surface area contributed by atoms with Crippen molar-refractivity contribution < 1.29 is 27.3 Å². The third kappa shape index (κ3) is 8.46. The molecule has 0 radical (unpaired) electrons. The lowest BCUT2D eigenvalue weighted by Crippen LogP contribution is -2.47. The second-order valence-corrected chi connectivity index (χ2v) is 11.9. The van der Waals surface area contributed by atoms with Crippen molar-refractivity contribution in [3.8, 4) is 0 Å². The van der Waals surface area contributed by atoms with Gasteiger partial charge in [-0.2, -0.15) is 0 Å². The summed E-state index contributed by atoms with van der Waals surface area (Å²) in [4.78, 5) is 12.4. The number of carbonyl (C=O) groups excluding carboxylic acids is 1. The molecule has 0 aliphatic carbocycles. The number of ether oxygens (including phenoxy) is 1. The molecule has 0 N–H and O–H groups in total. The Kier molecular flexibility index (Phi) is 12.0. The van der Waals surface area contributed by atoms with Crippen LogP contribution >= 0.6 is 0 Å². The minimum atomic E-state index is -2.40. The van der Waals surface area contributed by atoms with E-state index < -0.39 is 8.80 Å². The van der Waals surface area contributed by atoms with Gasteiger partial charge in [-0.3, -0.25) is 4.79 Å². The fourth-order valence-corrected chi connectivity index (χ4v) is 6.47. The van der Waals surface area contributed by atoms with Gasteiger partial charge in [0.15, 0.2) is 0 Å². The third-order valence-electron chi connectivity index (χ3n) is 6.69. The average Bonchev–Trinajstić information content (AvgIpc) is 3.18. The molecule has 2 heterocycles. The number of hydrogen-bond acceptors (Lipinski definition) is 5. The first-order valence-corrected chi connectivity index (χ1v) is 14.1. The Morgan fingerprint density at radius 3 is 2.03 bits per heavy atom. The third-order valence-corrected chi connectivity index (χ3v) is 9.52. The van der Waals surface area contributed by atoms with Crippen LogP contribution in [0, 0.1) is 0 Å². The first-order chi connectivity index (χ1) is 15.1. The summed E-state index contributed by atoms with van der Waals surface area (Å²) in [7, 11) is 2.62. The molecule has 178 valence electrons. The molecule has 1 atom stereocenters. The van der Waals surface area contributed by atoms with Crippen LogP contribution in [-0.4, -0.2) is 53.4 Å². The summed E-state index contributed by atoms with van der Waals surface area (Å²) >= 11 is 0. The summed E-state index contributed by atoms with van der Waals surface area (Å²) < 4.78 is 23.0. The van der Waals surface area contributed by atoms with Gasteiger partial charge in [-0.25, -0.2) is 4.48 Å². The summed E-state index contributed by atoms with van der Waals surface area (Å²) in [6.45, 7) is 1.04. The molecule has 1 spiro atoms. The Labute approximate surface area is 190 Å². The Balaban J connectivity index is 1.51. The summed E-state index contributed by atoms with van der Waals surface area (Å²) in [5, 5.41) is 0. The van der Waals surface area contributed by atoms with Crippen LogP contribution < -0.4 is 0 Å². The predicted octanol–water partition coefficient (Wildman–Crippen LogP) is 5.68. The van der Waals surface area contributed by atoms with Crippen molar-refractivity contribution in [3.63, 3.8) is 0 Å². The molecular formula is C24H44NO5Si+. The number of carbonyl (C=O) groups is 1. The second kappa shape index (κ2) is 14.2. The molecular weight excluding hydrogens is 410 g/mol. The van der Waals surface area contributed by atoms with Gasteiger partial charge in [0.2, 0.25) is 6.23 Å². The minimum Gasteiger partial charge on any atom is -0.412 e. The lowest BCUT2D eigenvalue weighted by molar-refractivity contribution is -0.874. The first kappa shape index (κ1) is 26.3. The van der Waals surface area contributed by atoms with E-state index in [1.54, 1.807) is 21.3 Å². The molecule has 6 nitrogen and oxygen atoms in total. The number of unbranched alkanes of at least 4 members (excludes halogenated alkanes) is 7. The van der Waals surface area contributed by atoms with E-state index >= 15 is 0 Å². The van der Waals surface area contributed by atoms with Gasteiger partial charge in [0.1, 0.15) is 12.4 Å². The van der Waals surface area contributed by atoms with Gasteiger partial charge in [-0.1, -0.05) is 38.5 Å². The number of hydrogen-bond donors (Lipinski definition) is 0. The number of nitrogens with zero attached hydrogens (tertiary/aromatic N) is 1. The van der Waals surface area contributed by atoms with Gasteiger partial charge in [0.25, 0.3) is 0 Å².